The Balaban J connectivity index is 0.000000355. The Morgan fingerprint density at radius 2 is 1.56 bits per heavy atom. The molecule has 244 valence electrons. The number of ether oxygens (including phenoxy) is 4. The Morgan fingerprint density at radius 1 is 0.956 bits per heavy atom. The minimum atomic E-state index is -4.24. The lowest BCUT2D eigenvalue weighted by Crippen LogP contribution is -2.35. The number of benzene rings is 2. The van der Waals surface area contributed by atoms with E-state index in [1.807, 2.05) is 4.72 Å². The predicted molar refractivity (Wildman–Crippen MR) is 156 cm³/mol. The van der Waals surface area contributed by atoms with Crippen molar-refractivity contribution in [1.29, 1.82) is 0 Å². The highest BCUT2D eigenvalue weighted by molar-refractivity contribution is 7.90. The van der Waals surface area contributed by atoms with Gasteiger partial charge in [-0.3, -0.25) is 25.5 Å². The molecule has 0 aliphatic carbocycles. The van der Waals surface area contributed by atoms with Gasteiger partial charge < -0.3 is 24.1 Å². The lowest BCUT2D eigenvalue weighted by Gasteiger charge is -2.19. The van der Waals surface area contributed by atoms with Crippen molar-refractivity contribution in [2.45, 2.75) is 31.1 Å². The number of methoxy groups -OCH3 is 3. The molecule has 3 N–H and O–H groups in total. The molecule has 3 aromatic rings. The topological polar surface area (TPSA) is 257 Å². The van der Waals surface area contributed by atoms with Gasteiger partial charge in [0.05, 0.1) is 36.7 Å². The standard InChI is InChI=1S/C15H19N5O7S.C10H12N2O5/c1-24-8-9-27-10-6-4-5-7-11(10)28(22,23)20-13(21)16-12-17-14(25-2)19-15(18-12)26-3;1-10(2,3)7-4-6(11(14)15)5-8(9(7)13)12(16)17/h4-7H,8-9H2,1-3H3,(H2,16,17,18,19,20,21);4-5,13H,1-3H3. The molecule has 0 saturated carbocycles. The number of para-hydroxylation sites is 1. The number of aromatic nitrogens is 3. The molecular weight excluding hydrogens is 622 g/mol. The van der Waals surface area contributed by atoms with Gasteiger partial charge in [-0.05, 0) is 17.5 Å². The second-order valence-electron chi connectivity index (χ2n) is 9.61. The molecule has 0 bridgehead atoms. The summed E-state index contributed by atoms with van der Waals surface area (Å²) in [5.41, 5.74) is -1.50. The van der Waals surface area contributed by atoms with Crippen LogP contribution >= 0.6 is 0 Å². The van der Waals surface area contributed by atoms with Gasteiger partial charge in [0.15, 0.2) is 5.75 Å². The van der Waals surface area contributed by atoms with Crippen LogP contribution in [-0.4, -0.2) is 78.9 Å². The Bertz CT molecular complexity index is 1620. The zero-order valence-corrected chi connectivity index (χ0v) is 25.8. The first-order valence-corrected chi connectivity index (χ1v) is 14.1. The molecule has 19 nitrogen and oxygen atoms in total. The van der Waals surface area contributed by atoms with Crippen LogP contribution in [0.5, 0.6) is 23.5 Å². The van der Waals surface area contributed by atoms with E-state index in [9.17, 15) is 38.5 Å². The van der Waals surface area contributed by atoms with E-state index >= 15 is 0 Å². The summed E-state index contributed by atoms with van der Waals surface area (Å²) in [4.78, 5) is 43.0. The van der Waals surface area contributed by atoms with E-state index in [1.165, 1.54) is 39.5 Å². The van der Waals surface area contributed by atoms with Crippen molar-refractivity contribution in [2.24, 2.45) is 0 Å². The van der Waals surface area contributed by atoms with Gasteiger partial charge in [-0.25, -0.2) is 17.9 Å². The van der Waals surface area contributed by atoms with Crippen molar-refractivity contribution in [2.75, 3.05) is 39.9 Å². The summed E-state index contributed by atoms with van der Waals surface area (Å²) in [6.45, 7) is 5.52. The normalized spacial score (nSPS) is 11.0. The lowest BCUT2D eigenvalue weighted by atomic mass is 9.85. The number of phenolic OH excluding ortho intramolecular Hbond substituents is 1. The van der Waals surface area contributed by atoms with Crippen LogP contribution in [0, 0.1) is 20.2 Å². The van der Waals surface area contributed by atoms with Gasteiger partial charge in [0.1, 0.15) is 17.3 Å². The molecule has 1 aromatic heterocycles. The molecule has 0 aliphatic heterocycles. The Kier molecular flexibility index (Phi) is 12.2. The number of hydrogen-bond donors (Lipinski definition) is 3. The first-order chi connectivity index (χ1) is 21.0. The number of nitro groups is 2. The Morgan fingerprint density at radius 3 is 2.07 bits per heavy atom. The molecule has 0 fully saturated rings. The summed E-state index contributed by atoms with van der Waals surface area (Å²) in [5.74, 6) is -0.711. The van der Waals surface area contributed by atoms with Crippen LogP contribution in [0.15, 0.2) is 41.3 Å². The highest BCUT2D eigenvalue weighted by Gasteiger charge is 2.29. The molecule has 0 radical (unpaired) electrons. The van der Waals surface area contributed by atoms with Crippen LogP contribution < -0.4 is 24.2 Å². The Labute approximate surface area is 256 Å². The van der Waals surface area contributed by atoms with Gasteiger partial charge in [-0.1, -0.05) is 32.9 Å². The number of amides is 2. The quantitative estimate of drug-likeness (QED) is 0.153. The van der Waals surface area contributed by atoms with Crippen LogP contribution in [-0.2, 0) is 20.2 Å². The fourth-order valence-corrected chi connectivity index (χ4v) is 4.38. The average molecular weight is 654 g/mol. The average Bonchev–Trinajstić information content (AvgIpc) is 2.96. The summed E-state index contributed by atoms with van der Waals surface area (Å²) >= 11 is 0. The summed E-state index contributed by atoms with van der Waals surface area (Å²) in [6, 6.07) is 6.43. The number of carbonyl (C=O) groups is 1. The smallest absolute Gasteiger partial charge is 0.335 e. The minimum absolute atomic E-state index is 0.0725. The maximum Gasteiger partial charge on any atom is 0.335 e. The molecule has 2 aromatic carbocycles. The maximum absolute atomic E-state index is 12.5. The summed E-state index contributed by atoms with van der Waals surface area (Å²) in [5, 5.41) is 33.3. The second-order valence-corrected chi connectivity index (χ2v) is 11.3. The van der Waals surface area contributed by atoms with Crippen molar-refractivity contribution >= 4 is 33.4 Å². The third kappa shape index (κ3) is 10.1. The van der Waals surface area contributed by atoms with E-state index in [1.54, 1.807) is 26.8 Å². The molecule has 1 heterocycles. The molecule has 0 unspecified atom stereocenters. The van der Waals surface area contributed by atoms with Gasteiger partial charge >= 0.3 is 23.7 Å². The van der Waals surface area contributed by atoms with Crippen LogP contribution in [0.3, 0.4) is 0 Å². The van der Waals surface area contributed by atoms with E-state index in [-0.39, 0.29) is 47.4 Å². The summed E-state index contributed by atoms with van der Waals surface area (Å²) in [6.07, 6.45) is 0. The lowest BCUT2D eigenvalue weighted by molar-refractivity contribution is -0.394. The monoisotopic (exact) mass is 653 g/mol. The fourth-order valence-electron chi connectivity index (χ4n) is 3.33. The van der Waals surface area contributed by atoms with Gasteiger partial charge in [0.2, 0.25) is 5.95 Å². The number of carbonyl (C=O) groups excluding carboxylic acids is 1. The van der Waals surface area contributed by atoms with Gasteiger partial charge in [0, 0.05) is 18.7 Å². The van der Waals surface area contributed by atoms with Crippen molar-refractivity contribution in [3.8, 4) is 23.5 Å². The zero-order chi connectivity index (χ0) is 33.9. The molecule has 0 aliphatic rings. The largest absolute Gasteiger partial charge is 0.502 e. The highest BCUT2D eigenvalue weighted by Crippen LogP contribution is 2.40. The van der Waals surface area contributed by atoms with Crippen LogP contribution in [0.4, 0.5) is 22.1 Å². The fraction of sp³-hybridized carbons (Fsp3) is 0.360. The maximum atomic E-state index is 12.5. The van der Waals surface area contributed by atoms with Crippen molar-refractivity contribution < 1.29 is 47.1 Å². The van der Waals surface area contributed by atoms with E-state index in [0.717, 1.165) is 12.1 Å². The van der Waals surface area contributed by atoms with Crippen molar-refractivity contribution in [3.63, 3.8) is 0 Å². The number of nitrogens with zero attached hydrogens (tertiary/aromatic N) is 5. The number of hydrogen-bond acceptors (Lipinski definition) is 15. The number of aromatic hydroxyl groups is 1. The van der Waals surface area contributed by atoms with Gasteiger partial charge in [-0.15, -0.1) is 4.98 Å². The van der Waals surface area contributed by atoms with E-state index in [4.69, 9.17) is 18.9 Å². The number of phenols is 1. The molecule has 0 saturated heterocycles. The molecule has 0 atom stereocenters. The van der Waals surface area contributed by atoms with E-state index < -0.39 is 48.4 Å². The number of anilines is 1. The van der Waals surface area contributed by atoms with Gasteiger partial charge in [-0.2, -0.15) is 9.97 Å². The van der Waals surface area contributed by atoms with Crippen molar-refractivity contribution in [1.82, 2.24) is 19.7 Å². The number of urea groups is 1. The molecule has 2 amide bonds. The number of non-ortho nitro benzene ring substituents is 1. The van der Waals surface area contributed by atoms with E-state index in [0.29, 0.717) is 0 Å². The third-order valence-electron chi connectivity index (χ3n) is 5.39. The molecule has 0 spiro atoms. The third-order valence-corrected chi connectivity index (χ3v) is 6.76. The van der Waals surface area contributed by atoms with Crippen LogP contribution in [0.1, 0.15) is 26.3 Å². The SMILES string of the molecule is CC(C)(C)c1cc([N+](=O)[O-])cc([N+](=O)[O-])c1O.COCCOc1ccccc1S(=O)(=O)NC(=O)Nc1nc(OC)nc(OC)n1. The van der Waals surface area contributed by atoms with E-state index in [2.05, 4.69) is 20.3 Å². The highest BCUT2D eigenvalue weighted by atomic mass is 32.2. The summed E-state index contributed by atoms with van der Waals surface area (Å²) in [7, 11) is -0.133. The molecule has 45 heavy (non-hydrogen) atoms. The summed E-state index contributed by atoms with van der Waals surface area (Å²) < 4.78 is 46.9. The number of nitro benzene ring substituents is 2. The van der Waals surface area contributed by atoms with Crippen LogP contribution in [0.2, 0.25) is 0 Å². The minimum Gasteiger partial charge on any atom is -0.502 e. The number of rotatable bonds is 11. The second kappa shape index (κ2) is 15.4. The first kappa shape index (κ1) is 35.8. The zero-order valence-electron chi connectivity index (χ0n) is 25.0. The Hall–Kier alpha value is -5.37. The van der Waals surface area contributed by atoms with Crippen molar-refractivity contribution in [3.05, 3.63) is 62.2 Å². The number of nitrogens with one attached hydrogen (secondary N) is 2. The van der Waals surface area contributed by atoms with Gasteiger partial charge in [0.25, 0.3) is 15.7 Å². The predicted octanol–water partition coefficient (Wildman–Crippen LogP) is 2.93. The van der Waals surface area contributed by atoms with Crippen LogP contribution in [0.25, 0.3) is 0 Å². The first-order valence-electron chi connectivity index (χ1n) is 12.6. The molecular formula is C25H31N7O12S. The number of sulfonamides is 1. The molecule has 3 rings (SSSR count). The molecule has 20 heteroatoms.